The van der Waals surface area contributed by atoms with Crippen molar-refractivity contribution in [2.75, 3.05) is 26.3 Å². The minimum Gasteiger partial charge on any atom is -0.379 e. The zero-order chi connectivity index (χ0) is 26.5. The van der Waals surface area contributed by atoms with E-state index >= 15 is 0 Å². The Morgan fingerprint density at radius 1 is 1.16 bits per heavy atom. The predicted octanol–water partition coefficient (Wildman–Crippen LogP) is 3.70. The van der Waals surface area contributed by atoms with Crippen molar-refractivity contribution < 1.29 is 9.53 Å². The number of fused-ring (bicyclic) bond motifs is 1. The van der Waals surface area contributed by atoms with E-state index in [0.29, 0.717) is 6.42 Å². The molecule has 5 rings (SSSR count). The molecule has 8 nitrogen and oxygen atoms in total. The molecular weight excluding hydrogens is 466 g/mol. The Balaban J connectivity index is 0.00000102. The average molecular weight is 502 g/mol. The summed E-state index contributed by atoms with van der Waals surface area (Å²) in [7, 11) is 0. The van der Waals surface area contributed by atoms with Gasteiger partial charge in [0.05, 0.1) is 18.9 Å². The van der Waals surface area contributed by atoms with Crippen molar-refractivity contribution in [3.05, 3.63) is 92.8 Å². The highest BCUT2D eigenvalue weighted by molar-refractivity contribution is 5.69. The topological polar surface area (TPSA) is 106 Å². The average Bonchev–Trinajstić information content (AvgIpc) is 3.31. The van der Waals surface area contributed by atoms with Crippen LogP contribution in [0.4, 0.5) is 0 Å². The number of nitrogens with one attached hydrogen (secondary N) is 1. The third-order valence-electron chi connectivity index (χ3n) is 7.11. The fraction of sp³-hybridized carbons (Fsp3) is 0.345. The van der Waals surface area contributed by atoms with Crippen molar-refractivity contribution in [3.63, 3.8) is 0 Å². The Bertz CT molecular complexity index is 1440. The Hall–Kier alpha value is -3.75. The van der Waals surface area contributed by atoms with E-state index in [9.17, 15) is 4.79 Å². The van der Waals surface area contributed by atoms with Gasteiger partial charge in [-0.15, -0.1) is 0 Å². The molecule has 0 bridgehead atoms. The van der Waals surface area contributed by atoms with Gasteiger partial charge in [-0.05, 0) is 74.7 Å². The predicted molar refractivity (Wildman–Crippen MR) is 146 cm³/mol. The zero-order valence-electron chi connectivity index (χ0n) is 22.0. The Labute approximate surface area is 217 Å². The van der Waals surface area contributed by atoms with Crippen LogP contribution in [0.25, 0.3) is 16.8 Å². The van der Waals surface area contributed by atoms with Gasteiger partial charge in [0.25, 0.3) is 5.56 Å². The SMILES string of the molecule is Cc1cc(C)c(Cc2cc3cc(-c4ccccn4)cn3c(C(C)N3CCOCC3)c2C)c(=O)[nH]1.NC=O. The molecule has 0 radical (unpaired) electrons. The summed E-state index contributed by atoms with van der Waals surface area (Å²) < 4.78 is 7.92. The maximum absolute atomic E-state index is 12.8. The van der Waals surface area contributed by atoms with Crippen LogP contribution >= 0.6 is 0 Å². The first kappa shape index (κ1) is 26.3. The van der Waals surface area contributed by atoms with E-state index in [0.717, 1.165) is 59.9 Å². The number of nitrogens with zero attached hydrogens (tertiary/aromatic N) is 3. The standard InChI is InChI=1S/C28H32N4O2.CH3NO/c1-18-13-19(2)30-28(33)25(18)16-22-14-24-15-23(26-7-5-6-8-29-26)17-32(24)27(20(22)3)21(4)31-9-11-34-12-10-31;2-1-3/h5-8,13-15,17,21H,9-12,16H2,1-4H3,(H,30,33);1H,(H2,2,3). The fourth-order valence-corrected chi connectivity index (χ4v) is 5.23. The third kappa shape index (κ3) is 5.65. The molecule has 0 aromatic carbocycles. The summed E-state index contributed by atoms with van der Waals surface area (Å²) in [4.78, 5) is 31.4. The second kappa shape index (κ2) is 11.5. The molecule has 0 aliphatic carbocycles. The second-order valence-electron chi connectivity index (χ2n) is 9.50. The molecule has 3 N–H and O–H groups in total. The van der Waals surface area contributed by atoms with E-state index in [-0.39, 0.29) is 18.0 Å². The lowest BCUT2D eigenvalue weighted by Crippen LogP contribution is -2.39. The van der Waals surface area contributed by atoms with Crippen LogP contribution in [0.5, 0.6) is 0 Å². The number of ether oxygens (including phenoxy) is 1. The molecule has 1 atom stereocenters. The number of aromatic amines is 1. The van der Waals surface area contributed by atoms with Crippen LogP contribution in [0.2, 0.25) is 0 Å². The number of hydrogen-bond donors (Lipinski definition) is 2. The van der Waals surface area contributed by atoms with E-state index in [1.54, 1.807) is 0 Å². The maximum Gasteiger partial charge on any atom is 0.251 e. The molecule has 194 valence electrons. The van der Waals surface area contributed by atoms with Gasteiger partial charge < -0.3 is 19.9 Å². The molecule has 1 saturated heterocycles. The Kier molecular flexibility index (Phi) is 8.21. The number of H-pyrrole nitrogens is 1. The van der Waals surface area contributed by atoms with Crippen molar-refractivity contribution in [2.45, 2.75) is 40.2 Å². The molecule has 8 heteroatoms. The molecule has 4 aromatic rings. The van der Waals surface area contributed by atoms with Crippen molar-refractivity contribution in [3.8, 4) is 11.3 Å². The van der Waals surface area contributed by atoms with E-state index in [1.165, 1.54) is 16.8 Å². The molecule has 0 saturated carbocycles. The van der Waals surface area contributed by atoms with Gasteiger partial charge in [0, 0.05) is 66.0 Å². The molecular formula is C29H35N5O3. The van der Waals surface area contributed by atoms with E-state index < -0.39 is 0 Å². The lowest BCUT2D eigenvalue weighted by Gasteiger charge is -2.34. The highest BCUT2D eigenvalue weighted by atomic mass is 16.5. The number of aryl methyl sites for hydroxylation is 2. The van der Waals surface area contributed by atoms with Crippen molar-refractivity contribution in [1.29, 1.82) is 0 Å². The summed E-state index contributed by atoms with van der Waals surface area (Å²) in [6.07, 6.45) is 4.89. The number of hydrogen-bond acceptors (Lipinski definition) is 5. The molecule has 5 heterocycles. The van der Waals surface area contributed by atoms with Crippen LogP contribution in [0.15, 0.2) is 53.6 Å². The molecule has 1 amide bonds. The van der Waals surface area contributed by atoms with Crippen molar-refractivity contribution >= 4 is 11.9 Å². The molecule has 1 aliphatic rings. The van der Waals surface area contributed by atoms with Gasteiger partial charge in [-0.3, -0.25) is 19.5 Å². The van der Waals surface area contributed by atoms with E-state index in [1.807, 2.05) is 38.2 Å². The van der Waals surface area contributed by atoms with E-state index in [4.69, 9.17) is 9.53 Å². The summed E-state index contributed by atoms with van der Waals surface area (Å²) in [5.41, 5.74) is 13.8. The first-order chi connectivity index (χ1) is 17.8. The maximum atomic E-state index is 12.8. The van der Waals surface area contributed by atoms with Gasteiger partial charge >= 0.3 is 0 Å². The number of amides is 1. The van der Waals surface area contributed by atoms with Gasteiger partial charge in [-0.25, -0.2) is 0 Å². The fourth-order valence-electron chi connectivity index (χ4n) is 5.23. The molecule has 1 aliphatic heterocycles. The third-order valence-corrected chi connectivity index (χ3v) is 7.11. The van der Waals surface area contributed by atoms with Gasteiger partial charge in [-0.2, -0.15) is 0 Å². The first-order valence-corrected chi connectivity index (χ1v) is 12.6. The minimum atomic E-state index is 0.00380. The highest BCUT2D eigenvalue weighted by Crippen LogP contribution is 2.32. The monoisotopic (exact) mass is 501 g/mol. The number of nitrogens with two attached hydrogens (primary N) is 1. The summed E-state index contributed by atoms with van der Waals surface area (Å²) in [6.45, 7) is 11.8. The minimum absolute atomic E-state index is 0.00380. The van der Waals surface area contributed by atoms with Gasteiger partial charge in [0.1, 0.15) is 0 Å². The quantitative estimate of drug-likeness (QED) is 0.406. The number of aromatic nitrogens is 3. The Morgan fingerprint density at radius 3 is 2.54 bits per heavy atom. The van der Waals surface area contributed by atoms with E-state index in [2.05, 4.69) is 63.2 Å². The summed E-state index contributed by atoms with van der Waals surface area (Å²) in [5, 5.41) is 0. The number of primary amides is 1. The summed E-state index contributed by atoms with van der Waals surface area (Å²) in [6, 6.07) is 12.7. The number of morpholine rings is 1. The van der Waals surface area contributed by atoms with Gasteiger partial charge in [-0.1, -0.05) is 6.07 Å². The summed E-state index contributed by atoms with van der Waals surface area (Å²) in [5.74, 6) is 0. The molecule has 0 spiro atoms. The zero-order valence-corrected chi connectivity index (χ0v) is 22.0. The van der Waals surface area contributed by atoms with Crippen LogP contribution < -0.4 is 11.3 Å². The lowest BCUT2D eigenvalue weighted by molar-refractivity contribution is -0.106. The number of pyridine rings is 3. The highest BCUT2D eigenvalue weighted by Gasteiger charge is 2.24. The molecule has 1 fully saturated rings. The number of carbonyl (C=O) groups excluding carboxylic acids is 1. The Morgan fingerprint density at radius 2 is 1.89 bits per heavy atom. The first-order valence-electron chi connectivity index (χ1n) is 12.6. The largest absolute Gasteiger partial charge is 0.379 e. The number of rotatable bonds is 5. The van der Waals surface area contributed by atoms with Crippen LogP contribution in [0, 0.1) is 20.8 Å². The van der Waals surface area contributed by atoms with Crippen LogP contribution in [-0.2, 0) is 16.0 Å². The smallest absolute Gasteiger partial charge is 0.251 e. The lowest BCUT2D eigenvalue weighted by atomic mass is 9.95. The van der Waals surface area contributed by atoms with Crippen molar-refractivity contribution in [1.82, 2.24) is 19.3 Å². The number of carbonyl (C=O) groups is 1. The second-order valence-corrected chi connectivity index (χ2v) is 9.50. The molecule has 37 heavy (non-hydrogen) atoms. The van der Waals surface area contributed by atoms with Gasteiger partial charge in [0.15, 0.2) is 0 Å². The molecule has 1 unspecified atom stereocenters. The van der Waals surface area contributed by atoms with Crippen LogP contribution in [0.1, 0.15) is 46.6 Å². The van der Waals surface area contributed by atoms with Crippen LogP contribution in [-0.4, -0.2) is 52.0 Å². The normalized spacial score (nSPS) is 14.7. The van der Waals surface area contributed by atoms with Crippen molar-refractivity contribution in [2.24, 2.45) is 5.73 Å². The summed E-state index contributed by atoms with van der Waals surface area (Å²) >= 11 is 0. The van der Waals surface area contributed by atoms with Crippen LogP contribution in [0.3, 0.4) is 0 Å². The van der Waals surface area contributed by atoms with Gasteiger partial charge in [0.2, 0.25) is 6.41 Å². The molecule has 4 aromatic heterocycles.